The van der Waals surface area contributed by atoms with Crippen LogP contribution >= 0.6 is 11.6 Å². The molecule has 1 aliphatic rings. The quantitative estimate of drug-likeness (QED) is 0.601. The van der Waals surface area contributed by atoms with Crippen molar-refractivity contribution in [2.45, 2.75) is 58.4 Å². The summed E-state index contributed by atoms with van der Waals surface area (Å²) in [6, 6.07) is 0.837. The van der Waals surface area contributed by atoms with E-state index < -0.39 is 0 Å². The molecule has 0 N–H and O–H groups in total. The molecule has 0 aromatic heterocycles. The number of halogens is 1. The van der Waals surface area contributed by atoms with Crippen LogP contribution in [0.5, 0.6) is 0 Å². The molecule has 0 amide bonds. The zero-order chi connectivity index (χ0) is 11.1. The molecule has 1 rings (SSSR count). The molecule has 0 aromatic carbocycles. The van der Waals surface area contributed by atoms with Gasteiger partial charge in [-0.15, -0.1) is 11.6 Å². The summed E-state index contributed by atoms with van der Waals surface area (Å²) < 4.78 is 0. The summed E-state index contributed by atoms with van der Waals surface area (Å²) in [7, 11) is 0. The maximum Gasteiger partial charge on any atom is 0.0224 e. The minimum atomic E-state index is 0.829. The van der Waals surface area contributed by atoms with Crippen LogP contribution in [0.1, 0.15) is 52.4 Å². The number of hydrogen-bond donors (Lipinski definition) is 0. The molecule has 0 bridgehead atoms. The number of nitrogens with zero attached hydrogens (tertiary/aromatic N) is 1. The summed E-state index contributed by atoms with van der Waals surface area (Å²) in [6.45, 7) is 7.28. The van der Waals surface area contributed by atoms with Crippen LogP contribution in [-0.4, -0.2) is 29.9 Å². The second-order valence-electron chi connectivity index (χ2n) is 4.80. The van der Waals surface area contributed by atoms with Crippen molar-refractivity contribution >= 4 is 11.6 Å². The van der Waals surface area contributed by atoms with Gasteiger partial charge in [0.25, 0.3) is 0 Å². The van der Waals surface area contributed by atoms with Gasteiger partial charge in [0, 0.05) is 18.5 Å². The first kappa shape index (κ1) is 13.3. The van der Waals surface area contributed by atoms with Gasteiger partial charge in [0.15, 0.2) is 0 Å². The summed E-state index contributed by atoms with van der Waals surface area (Å²) in [5.41, 5.74) is 0. The Balaban J connectivity index is 2.31. The average molecular weight is 232 g/mol. The molecule has 0 saturated carbocycles. The third-order valence-corrected chi connectivity index (χ3v) is 4.08. The molecule has 1 atom stereocenters. The first-order valence-corrected chi connectivity index (χ1v) is 7.15. The van der Waals surface area contributed by atoms with E-state index in [0.29, 0.717) is 0 Å². The molecule has 1 heterocycles. The Morgan fingerprint density at radius 1 is 1.33 bits per heavy atom. The highest BCUT2D eigenvalue weighted by molar-refractivity contribution is 6.17. The van der Waals surface area contributed by atoms with Crippen LogP contribution in [0, 0.1) is 5.92 Å². The van der Waals surface area contributed by atoms with Crippen LogP contribution in [0.4, 0.5) is 0 Å². The lowest BCUT2D eigenvalue weighted by Gasteiger charge is -2.28. The van der Waals surface area contributed by atoms with Crippen molar-refractivity contribution in [3.8, 4) is 0 Å². The summed E-state index contributed by atoms with van der Waals surface area (Å²) in [5.74, 6) is 1.73. The average Bonchev–Trinajstić information content (AvgIpc) is 2.70. The van der Waals surface area contributed by atoms with Crippen molar-refractivity contribution in [2.24, 2.45) is 5.92 Å². The van der Waals surface area contributed by atoms with Gasteiger partial charge in [0.1, 0.15) is 0 Å². The number of rotatable bonds is 7. The van der Waals surface area contributed by atoms with Crippen LogP contribution in [0.2, 0.25) is 0 Å². The Bertz CT molecular complexity index is 157. The first-order valence-electron chi connectivity index (χ1n) is 6.61. The number of hydrogen-bond acceptors (Lipinski definition) is 1. The van der Waals surface area contributed by atoms with E-state index in [4.69, 9.17) is 11.6 Å². The van der Waals surface area contributed by atoms with Gasteiger partial charge >= 0.3 is 0 Å². The highest BCUT2D eigenvalue weighted by Gasteiger charge is 2.25. The standard InChI is InChI=1S/C13H26ClN/c1-3-12(4-2)11-15-10-6-8-13(15)7-5-9-14/h12-13H,3-11H2,1-2H3. The fourth-order valence-electron chi connectivity index (χ4n) is 2.65. The number of likely N-dealkylation sites (tertiary alicyclic amines) is 1. The number of alkyl halides is 1. The molecule has 1 unspecified atom stereocenters. The van der Waals surface area contributed by atoms with Crippen molar-refractivity contribution < 1.29 is 0 Å². The molecule has 1 aliphatic heterocycles. The molecule has 1 fully saturated rings. The second-order valence-corrected chi connectivity index (χ2v) is 5.18. The molecule has 90 valence electrons. The van der Waals surface area contributed by atoms with Gasteiger partial charge in [-0.3, -0.25) is 0 Å². The van der Waals surface area contributed by atoms with Gasteiger partial charge in [0.2, 0.25) is 0 Å². The Labute approximate surface area is 100 Å². The SMILES string of the molecule is CCC(CC)CN1CCCC1CCCCl. The van der Waals surface area contributed by atoms with Crippen molar-refractivity contribution in [1.29, 1.82) is 0 Å². The Morgan fingerprint density at radius 3 is 2.67 bits per heavy atom. The highest BCUT2D eigenvalue weighted by Crippen LogP contribution is 2.24. The molecule has 0 aliphatic carbocycles. The zero-order valence-corrected chi connectivity index (χ0v) is 11.1. The minimum Gasteiger partial charge on any atom is -0.300 e. The smallest absolute Gasteiger partial charge is 0.0224 e. The van der Waals surface area contributed by atoms with E-state index in [2.05, 4.69) is 18.7 Å². The van der Waals surface area contributed by atoms with Crippen LogP contribution in [0.3, 0.4) is 0 Å². The normalized spacial score (nSPS) is 22.8. The van der Waals surface area contributed by atoms with E-state index in [1.165, 1.54) is 51.6 Å². The van der Waals surface area contributed by atoms with E-state index in [1.807, 2.05) is 0 Å². The molecule has 0 aromatic rings. The molecule has 1 saturated heterocycles. The lowest BCUT2D eigenvalue weighted by molar-refractivity contribution is 0.199. The monoisotopic (exact) mass is 231 g/mol. The van der Waals surface area contributed by atoms with Gasteiger partial charge in [0.05, 0.1) is 0 Å². The van der Waals surface area contributed by atoms with E-state index in [9.17, 15) is 0 Å². The van der Waals surface area contributed by atoms with Crippen molar-refractivity contribution in [3.05, 3.63) is 0 Å². The van der Waals surface area contributed by atoms with Crippen LogP contribution < -0.4 is 0 Å². The van der Waals surface area contributed by atoms with E-state index >= 15 is 0 Å². The molecular weight excluding hydrogens is 206 g/mol. The minimum absolute atomic E-state index is 0.829. The molecule has 0 radical (unpaired) electrons. The van der Waals surface area contributed by atoms with Gasteiger partial charge in [-0.1, -0.05) is 26.7 Å². The van der Waals surface area contributed by atoms with Crippen molar-refractivity contribution in [3.63, 3.8) is 0 Å². The van der Waals surface area contributed by atoms with Gasteiger partial charge in [-0.2, -0.15) is 0 Å². The third-order valence-electron chi connectivity index (χ3n) is 3.82. The summed E-state index contributed by atoms with van der Waals surface area (Å²) in [5, 5.41) is 0. The third kappa shape index (κ3) is 4.32. The van der Waals surface area contributed by atoms with Crippen LogP contribution in [0.25, 0.3) is 0 Å². The highest BCUT2D eigenvalue weighted by atomic mass is 35.5. The van der Waals surface area contributed by atoms with E-state index in [0.717, 1.165) is 17.8 Å². The lowest BCUT2D eigenvalue weighted by Crippen LogP contribution is -2.33. The Morgan fingerprint density at radius 2 is 2.07 bits per heavy atom. The topological polar surface area (TPSA) is 3.24 Å². The first-order chi connectivity index (χ1) is 7.31. The van der Waals surface area contributed by atoms with Gasteiger partial charge < -0.3 is 4.90 Å². The molecule has 2 heteroatoms. The van der Waals surface area contributed by atoms with Crippen LogP contribution in [0.15, 0.2) is 0 Å². The van der Waals surface area contributed by atoms with E-state index in [1.54, 1.807) is 0 Å². The molecule has 0 spiro atoms. The predicted molar refractivity (Wildman–Crippen MR) is 68.6 cm³/mol. The van der Waals surface area contributed by atoms with Gasteiger partial charge in [-0.25, -0.2) is 0 Å². The lowest BCUT2D eigenvalue weighted by atomic mass is 10.0. The Hall–Kier alpha value is 0.250. The van der Waals surface area contributed by atoms with Crippen molar-refractivity contribution in [1.82, 2.24) is 4.90 Å². The molecule has 15 heavy (non-hydrogen) atoms. The maximum absolute atomic E-state index is 5.77. The van der Waals surface area contributed by atoms with Crippen LogP contribution in [-0.2, 0) is 0 Å². The largest absolute Gasteiger partial charge is 0.300 e. The maximum atomic E-state index is 5.77. The predicted octanol–water partition coefficient (Wildman–Crippen LogP) is 3.91. The Kier molecular flexibility index (Phi) is 6.67. The fraction of sp³-hybridized carbons (Fsp3) is 1.00. The summed E-state index contributed by atoms with van der Waals surface area (Å²) in [4.78, 5) is 2.71. The fourth-order valence-corrected chi connectivity index (χ4v) is 2.81. The summed E-state index contributed by atoms with van der Waals surface area (Å²) in [6.07, 6.45) is 7.95. The second kappa shape index (κ2) is 7.51. The van der Waals surface area contributed by atoms with Crippen molar-refractivity contribution in [2.75, 3.05) is 19.0 Å². The summed E-state index contributed by atoms with van der Waals surface area (Å²) >= 11 is 5.77. The van der Waals surface area contributed by atoms with E-state index in [-0.39, 0.29) is 0 Å². The molecule has 1 nitrogen and oxygen atoms in total. The zero-order valence-electron chi connectivity index (χ0n) is 10.3. The molecular formula is C13H26ClN. The van der Waals surface area contributed by atoms with Gasteiger partial charge in [-0.05, 0) is 38.1 Å².